The first kappa shape index (κ1) is 24.9. The first-order valence-corrected chi connectivity index (χ1v) is 9.52. The van der Waals surface area contributed by atoms with Crippen LogP contribution < -0.4 is 5.32 Å². The van der Waals surface area contributed by atoms with Crippen molar-refractivity contribution in [2.75, 3.05) is 47.0 Å². The molecule has 0 aromatic rings. The Bertz CT molecular complexity index is 351. The van der Waals surface area contributed by atoms with E-state index in [9.17, 15) is 0 Å². The molecule has 0 atom stereocenters. The van der Waals surface area contributed by atoms with Gasteiger partial charge < -0.3 is 19.7 Å². The predicted octanol–water partition coefficient (Wildman–Crippen LogP) is 3.91. The fraction of sp³-hybridized carbons (Fsp3) is 0.947. The summed E-state index contributed by atoms with van der Waals surface area (Å²) in [7, 11) is 3.62. The number of methoxy groups -OCH3 is 1. The van der Waals surface area contributed by atoms with E-state index in [1.165, 1.54) is 19.3 Å². The van der Waals surface area contributed by atoms with E-state index in [0.717, 1.165) is 58.1 Å². The molecule has 1 rings (SSSR count). The molecule has 0 aliphatic carbocycles. The third kappa shape index (κ3) is 12.0. The van der Waals surface area contributed by atoms with Crippen molar-refractivity contribution < 1.29 is 9.47 Å². The maximum Gasteiger partial charge on any atom is 0.193 e. The Balaban J connectivity index is 0.00000576. The molecule has 0 amide bonds. The predicted molar refractivity (Wildman–Crippen MR) is 117 cm³/mol. The number of nitrogens with one attached hydrogen (secondary N) is 1. The van der Waals surface area contributed by atoms with E-state index >= 15 is 0 Å². The molecule has 1 heterocycles. The van der Waals surface area contributed by atoms with Gasteiger partial charge in [0.15, 0.2) is 5.96 Å². The van der Waals surface area contributed by atoms with Crippen LogP contribution in [0.1, 0.15) is 59.3 Å². The van der Waals surface area contributed by atoms with E-state index in [-0.39, 0.29) is 24.0 Å². The molecule has 0 bridgehead atoms. The lowest BCUT2D eigenvalue weighted by atomic mass is 9.90. The molecule has 0 saturated carbocycles. The molecule has 0 unspecified atom stereocenters. The molecule has 1 aliphatic rings. The fourth-order valence-electron chi connectivity index (χ4n) is 3.00. The minimum atomic E-state index is 0. The van der Waals surface area contributed by atoms with Crippen LogP contribution in [-0.4, -0.2) is 64.0 Å². The monoisotopic (exact) mass is 469 g/mol. The number of ether oxygens (including phenoxy) is 2. The summed E-state index contributed by atoms with van der Waals surface area (Å²) >= 11 is 0. The Hall–Kier alpha value is -0.0800. The molecule has 5 nitrogen and oxygen atoms in total. The number of aliphatic imine (C=N–C) groups is 1. The summed E-state index contributed by atoms with van der Waals surface area (Å²) in [4.78, 5) is 6.80. The van der Waals surface area contributed by atoms with Gasteiger partial charge in [0, 0.05) is 47.0 Å². The second-order valence-electron chi connectivity index (χ2n) is 7.90. The van der Waals surface area contributed by atoms with Crippen LogP contribution in [0.3, 0.4) is 0 Å². The summed E-state index contributed by atoms with van der Waals surface area (Å²) in [6.07, 6.45) is 7.28. The van der Waals surface area contributed by atoms with E-state index in [0.29, 0.717) is 11.5 Å². The highest BCUT2D eigenvalue weighted by atomic mass is 127. The van der Waals surface area contributed by atoms with Gasteiger partial charge in [-0.15, -0.1) is 24.0 Å². The smallest absolute Gasteiger partial charge is 0.193 e. The number of halogens is 1. The van der Waals surface area contributed by atoms with Crippen molar-refractivity contribution in [3.63, 3.8) is 0 Å². The molecular formula is C19H40IN3O2. The summed E-state index contributed by atoms with van der Waals surface area (Å²) in [5, 5.41) is 3.52. The SMILES string of the molecule is CN=C(NCCCCC(C)(C)C)N1CCC(OCCCOC)CC1.I. The number of rotatable bonds is 9. The van der Waals surface area contributed by atoms with Gasteiger partial charge in [0.2, 0.25) is 0 Å². The molecule has 150 valence electrons. The molecule has 6 heteroatoms. The molecule has 1 saturated heterocycles. The standard InChI is InChI=1S/C19H39N3O2.HI/c1-19(2,3)11-6-7-12-21-18(20-4)22-13-9-17(10-14-22)24-16-8-15-23-5;/h17H,6-16H2,1-5H3,(H,20,21);1H. The molecule has 1 fully saturated rings. The van der Waals surface area contributed by atoms with Gasteiger partial charge in [0.25, 0.3) is 0 Å². The minimum Gasteiger partial charge on any atom is -0.385 e. The topological polar surface area (TPSA) is 46.1 Å². The molecule has 1 aliphatic heterocycles. The Labute approximate surface area is 172 Å². The van der Waals surface area contributed by atoms with Crippen molar-refractivity contribution in [3.05, 3.63) is 0 Å². The number of nitrogens with zero attached hydrogens (tertiary/aromatic N) is 2. The lowest BCUT2D eigenvalue weighted by Crippen LogP contribution is -2.47. The van der Waals surface area contributed by atoms with Crippen LogP contribution in [0.2, 0.25) is 0 Å². The number of hydrogen-bond donors (Lipinski definition) is 1. The van der Waals surface area contributed by atoms with E-state index in [1.54, 1.807) is 7.11 Å². The Morgan fingerprint density at radius 2 is 1.80 bits per heavy atom. The van der Waals surface area contributed by atoms with Gasteiger partial charge >= 0.3 is 0 Å². The summed E-state index contributed by atoms with van der Waals surface area (Å²) < 4.78 is 11.0. The third-order valence-corrected chi connectivity index (χ3v) is 4.44. The third-order valence-electron chi connectivity index (χ3n) is 4.44. The second-order valence-corrected chi connectivity index (χ2v) is 7.90. The van der Waals surface area contributed by atoms with Crippen LogP contribution in [0.15, 0.2) is 4.99 Å². The van der Waals surface area contributed by atoms with Gasteiger partial charge in [-0.1, -0.05) is 27.2 Å². The van der Waals surface area contributed by atoms with Crippen molar-refractivity contribution in [1.82, 2.24) is 10.2 Å². The van der Waals surface area contributed by atoms with Crippen LogP contribution in [0.25, 0.3) is 0 Å². The summed E-state index contributed by atoms with van der Waals surface area (Å²) in [6, 6.07) is 0. The maximum absolute atomic E-state index is 5.92. The van der Waals surface area contributed by atoms with Crippen LogP contribution in [0, 0.1) is 5.41 Å². The largest absolute Gasteiger partial charge is 0.385 e. The van der Waals surface area contributed by atoms with Gasteiger partial charge in [-0.2, -0.15) is 0 Å². The zero-order valence-electron chi connectivity index (χ0n) is 17.0. The highest BCUT2D eigenvalue weighted by Crippen LogP contribution is 2.21. The lowest BCUT2D eigenvalue weighted by Gasteiger charge is -2.34. The fourth-order valence-corrected chi connectivity index (χ4v) is 3.00. The van der Waals surface area contributed by atoms with Crippen molar-refractivity contribution in [3.8, 4) is 0 Å². The van der Waals surface area contributed by atoms with Gasteiger partial charge in [0.05, 0.1) is 6.10 Å². The van der Waals surface area contributed by atoms with Gasteiger partial charge in [0.1, 0.15) is 0 Å². The zero-order valence-corrected chi connectivity index (χ0v) is 19.3. The zero-order chi connectivity index (χ0) is 17.8. The van der Waals surface area contributed by atoms with Crippen molar-refractivity contribution in [2.24, 2.45) is 10.4 Å². The maximum atomic E-state index is 5.92. The lowest BCUT2D eigenvalue weighted by molar-refractivity contribution is 0.00991. The summed E-state index contributed by atoms with van der Waals surface area (Å²) in [5.41, 5.74) is 0.437. The second kappa shape index (κ2) is 14.0. The molecular weight excluding hydrogens is 429 g/mol. The van der Waals surface area contributed by atoms with Crippen LogP contribution in [-0.2, 0) is 9.47 Å². The molecule has 0 radical (unpaired) electrons. The number of guanidine groups is 1. The van der Waals surface area contributed by atoms with Gasteiger partial charge in [-0.3, -0.25) is 4.99 Å². The van der Waals surface area contributed by atoms with E-state index in [1.807, 2.05) is 7.05 Å². The highest BCUT2D eigenvalue weighted by molar-refractivity contribution is 14.0. The van der Waals surface area contributed by atoms with Crippen LogP contribution >= 0.6 is 24.0 Å². The summed E-state index contributed by atoms with van der Waals surface area (Å²) in [5.74, 6) is 1.04. The number of piperidine rings is 1. The molecule has 1 N–H and O–H groups in total. The van der Waals surface area contributed by atoms with Crippen molar-refractivity contribution in [1.29, 1.82) is 0 Å². The van der Waals surface area contributed by atoms with Crippen molar-refractivity contribution >= 4 is 29.9 Å². The first-order valence-electron chi connectivity index (χ1n) is 9.52. The van der Waals surface area contributed by atoms with E-state index in [4.69, 9.17) is 9.47 Å². The first-order chi connectivity index (χ1) is 11.5. The van der Waals surface area contributed by atoms with Crippen molar-refractivity contribution in [2.45, 2.75) is 65.4 Å². The van der Waals surface area contributed by atoms with E-state index in [2.05, 4.69) is 36.0 Å². The quantitative estimate of drug-likeness (QED) is 0.241. The Morgan fingerprint density at radius 1 is 1.12 bits per heavy atom. The minimum absolute atomic E-state index is 0. The molecule has 0 aromatic heterocycles. The average Bonchev–Trinajstić information content (AvgIpc) is 2.55. The number of hydrogen-bond acceptors (Lipinski definition) is 3. The van der Waals surface area contributed by atoms with E-state index < -0.39 is 0 Å². The average molecular weight is 469 g/mol. The van der Waals surface area contributed by atoms with Crippen LogP contribution in [0.5, 0.6) is 0 Å². The highest BCUT2D eigenvalue weighted by Gasteiger charge is 2.21. The molecule has 25 heavy (non-hydrogen) atoms. The summed E-state index contributed by atoms with van der Waals surface area (Å²) in [6.45, 7) is 11.6. The Morgan fingerprint density at radius 3 is 2.36 bits per heavy atom. The normalized spacial score (nSPS) is 16.7. The van der Waals surface area contributed by atoms with Gasteiger partial charge in [-0.25, -0.2) is 0 Å². The molecule has 0 spiro atoms. The number of likely N-dealkylation sites (tertiary alicyclic amines) is 1. The van der Waals surface area contributed by atoms with Crippen LogP contribution in [0.4, 0.5) is 0 Å². The Kier molecular flexibility index (Phi) is 14.0. The number of unbranched alkanes of at least 4 members (excludes halogenated alkanes) is 1. The molecule has 0 aromatic carbocycles. The van der Waals surface area contributed by atoms with Gasteiger partial charge in [-0.05, 0) is 37.5 Å².